The molecular weight excluding hydrogens is 1320 g/mol. The summed E-state index contributed by atoms with van der Waals surface area (Å²) in [6, 6.07) is 0. The number of esters is 4. The van der Waals surface area contributed by atoms with Gasteiger partial charge < -0.3 is 33.8 Å². The van der Waals surface area contributed by atoms with Crippen LogP contribution in [0, 0.1) is 23.7 Å². The van der Waals surface area contributed by atoms with Crippen molar-refractivity contribution in [1.82, 2.24) is 0 Å². The van der Waals surface area contributed by atoms with Crippen LogP contribution >= 0.6 is 15.6 Å². The van der Waals surface area contributed by atoms with E-state index < -0.39 is 97.5 Å². The number of phosphoric ester groups is 2. The summed E-state index contributed by atoms with van der Waals surface area (Å²) in [6.45, 7) is 14.3. The number of hydrogen-bond donors (Lipinski definition) is 3. The molecule has 0 aliphatic rings. The molecule has 0 amide bonds. The first kappa shape index (κ1) is 99.1. The molecule has 19 heteroatoms. The highest BCUT2D eigenvalue weighted by molar-refractivity contribution is 7.47. The summed E-state index contributed by atoms with van der Waals surface area (Å²) in [7, 11) is -9.92. The van der Waals surface area contributed by atoms with E-state index >= 15 is 0 Å². The van der Waals surface area contributed by atoms with Crippen molar-refractivity contribution in [2.75, 3.05) is 39.6 Å². The van der Waals surface area contributed by atoms with E-state index in [9.17, 15) is 43.2 Å². The van der Waals surface area contributed by atoms with Crippen LogP contribution in [0.4, 0.5) is 0 Å². The van der Waals surface area contributed by atoms with Crippen molar-refractivity contribution in [2.24, 2.45) is 23.7 Å². The molecule has 0 aromatic rings. The molecule has 0 bridgehead atoms. The van der Waals surface area contributed by atoms with Crippen molar-refractivity contribution in [1.29, 1.82) is 0 Å². The van der Waals surface area contributed by atoms with Crippen LogP contribution in [0.3, 0.4) is 0 Å². The number of phosphoric acid groups is 2. The molecule has 0 saturated heterocycles. The summed E-state index contributed by atoms with van der Waals surface area (Å²) in [4.78, 5) is 73.1. The molecule has 0 fully saturated rings. The highest BCUT2D eigenvalue weighted by Gasteiger charge is 2.30. The van der Waals surface area contributed by atoms with E-state index in [1.165, 1.54) is 218 Å². The van der Waals surface area contributed by atoms with Gasteiger partial charge in [0.05, 0.1) is 26.4 Å². The molecule has 0 saturated carbocycles. The molecule has 0 rings (SSSR count). The summed E-state index contributed by atoms with van der Waals surface area (Å²) in [5.74, 6) is 1.01. The monoisotopic (exact) mass is 1480 g/mol. The third-order valence-electron chi connectivity index (χ3n) is 19.4. The fourth-order valence-electron chi connectivity index (χ4n) is 12.6. The molecule has 0 spiro atoms. The standard InChI is InChI=1S/C82H160O17P2/c1-9-75(8)61-53-45-40-41-47-55-63-80(85)93-69-78(99-82(87)64-56-48-38-32-26-20-14-13-17-23-29-35-43-51-59-73(4)5)71-97-101(90,91)95-67-76(83)66-94-100(88,89)96-70-77(98-81(86)65-57-49-39-33-27-21-15-18-24-30-36-44-52-60-74(6)7)68-92-79(84)62-54-46-37-31-25-19-12-10-11-16-22-28-34-42-50-58-72(2)3/h72-78,83H,9-71H2,1-8H3,(H,88,89)(H,90,91)/t75?,76-,77-,78-/m1/s1. The molecule has 3 unspecified atom stereocenters. The normalized spacial score (nSPS) is 14.3. The van der Waals surface area contributed by atoms with E-state index in [-0.39, 0.29) is 25.7 Å². The lowest BCUT2D eigenvalue weighted by atomic mass is 10.00. The van der Waals surface area contributed by atoms with Crippen LogP contribution in [-0.4, -0.2) is 96.7 Å². The van der Waals surface area contributed by atoms with Crippen molar-refractivity contribution in [3.05, 3.63) is 0 Å². The van der Waals surface area contributed by atoms with Crippen molar-refractivity contribution < 1.29 is 80.2 Å². The van der Waals surface area contributed by atoms with Gasteiger partial charge in [-0.1, -0.05) is 370 Å². The number of unbranched alkanes of at least 4 members (excludes halogenated alkanes) is 44. The van der Waals surface area contributed by atoms with E-state index in [1.54, 1.807) is 0 Å². The third-order valence-corrected chi connectivity index (χ3v) is 21.3. The highest BCUT2D eigenvalue weighted by atomic mass is 31.2. The quantitative estimate of drug-likeness (QED) is 0.0222. The summed E-state index contributed by atoms with van der Waals surface area (Å²) in [5.41, 5.74) is 0. The van der Waals surface area contributed by atoms with Gasteiger partial charge in [-0.2, -0.15) is 0 Å². The van der Waals surface area contributed by atoms with E-state index in [1.807, 2.05) is 0 Å². The van der Waals surface area contributed by atoms with Gasteiger partial charge in [0.15, 0.2) is 12.2 Å². The van der Waals surface area contributed by atoms with Crippen molar-refractivity contribution in [3.63, 3.8) is 0 Å². The van der Waals surface area contributed by atoms with Crippen LogP contribution in [0.5, 0.6) is 0 Å². The minimum absolute atomic E-state index is 0.106. The van der Waals surface area contributed by atoms with E-state index in [2.05, 4.69) is 55.4 Å². The lowest BCUT2D eigenvalue weighted by molar-refractivity contribution is -0.161. The number of rotatable bonds is 79. The molecule has 101 heavy (non-hydrogen) atoms. The predicted octanol–water partition coefficient (Wildman–Crippen LogP) is 24.4. The van der Waals surface area contributed by atoms with E-state index in [0.29, 0.717) is 25.7 Å². The van der Waals surface area contributed by atoms with Gasteiger partial charge in [0.1, 0.15) is 19.3 Å². The molecule has 0 aliphatic carbocycles. The zero-order chi connectivity index (χ0) is 74.6. The smallest absolute Gasteiger partial charge is 0.462 e. The fraction of sp³-hybridized carbons (Fsp3) is 0.951. The molecule has 0 aromatic heterocycles. The minimum atomic E-state index is -4.96. The molecule has 17 nitrogen and oxygen atoms in total. The van der Waals surface area contributed by atoms with E-state index in [0.717, 1.165) is 120 Å². The summed E-state index contributed by atoms with van der Waals surface area (Å²) >= 11 is 0. The van der Waals surface area contributed by atoms with Crippen LogP contribution in [-0.2, 0) is 65.4 Å². The lowest BCUT2D eigenvalue weighted by Gasteiger charge is -2.21. The molecule has 0 aromatic carbocycles. The molecule has 600 valence electrons. The Kier molecular flexibility index (Phi) is 69.6. The fourth-order valence-corrected chi connectivity index (χ4v) is 14.2. The van der Waals surface area contributed by atoms with Crippen molar-refractivity contribution >= 4 is 39.5 Å². The molecule has 0 heterocycles. The second-order valence-electron chi connectivity index (χ2n) is 31.2. The first-order valence-electron chi connectivity index (χ1n) is 42.2. The number of aliphatic hydroxyl groups excluding tert-OH is 1. The average molecular weight is 1480 g/mol. The van der Waals surface area contributed by atoms with Gasteiger partial charge in [0, 0.05) is 25.7 Å². The topological polar surface area (TPSA) is 237 Å². The van der Waals surface area contributed by atoms with Gasteiger partial charge in [0.25, 0.3) is 0 Å². The maximum absolute atomic E-state index is 13.1. The Labute approximate surface area is 619 Å². The SMILES string of the molecule is CCC(C)CCCCCCCCC(=O)OC[C@H](COP(=O)(O)OC[C@H](O)COP(=O)(O)OC[C@@H](COC(=O)CCCCCCCCCCCCCCCCCC(C)C)OC(=O)CCCCCCCCCCCCCCCC(C)C)OC(=O)CCCCCCCCCCCCCCCCC(C)C. The average Bonchev–Trinajstić information content (AvgIpc) is 0.968. The second kappa shape index (κ2) is 71.0. The molecular formula is C82H160O17P2. The first-order chi connectivity index (χ1) is 48.6. The Morgan fingerprint density at radius 1 is 0.277 bits per heavy atom. The highest BCUT2D eigenvalue weighted by Crippen LogP contribution is 2.45. The van der Waals surface area contributed by atoms with Crippen LogP contribution in [0.25, 0.3) is 0 Å². The summed E-state index contributed by atoms with van der Waals surface area (Å²) in [6.07, 6.45) is 58.3. The number of aliphatic hydroxyl groups is 1. The van der Waals surface area contributed by atoms with Crippen LogP contribution < -0.4 is 0 Å². The van der Waals surface area contributed by atoms with Crippen molar-refractivity contribution in [2.45, 2.75) is 440 Å². The van der Waals surface area contributed by atoms with Gasteiger partial charge in [-0.15, -0.1) is 0 Å². The number of hydrogen-bond acceptors (Lipinski definition) is 15. The molecule has 0 radical (unpaired) electrons. The summed E-state index contributed by atoms with van der Waals surface area (Å²) in [5, 5.41) is 10.7. The maximum Gasteiger partial charge on any atom is 0.472 e. The Morgan fingerprint density at radius 3 is 0.703 bits per heavy atom. The molecule has 3 N–H and O–H groups in total. The minimum Gasteiger partial charge on any atom is -0.462 e. The zero-order valence-electron chi connectivity index (χ0n) is 66.5. The van der Waals surface area contributed by atoms with Gasteiger partial charge in [-0.3, -0.25) is 37.3 Å². The van der Waals surface area contributed by atoms with Gasteiger partial charge in [0.2, 0.25) is 0 Å². The molecule has 0 aliphatic heterocycles. The Bertz CT molecular complexity index is 1970. The van der Waals surface area contributed by atoms with E-state index in [4.69, 9.17) is 37.0 Å². The lowest BCUT2D eigenvalue weighted by Crippen LogP contribution is -2.30. The maximum atomic E-state index is 13.1. The van der Waals surface area contributed by atoms with Gasteiger partial charge in [-0.05, 0) is 49.4 Å². The Morgan fingerprint density at radius 2 is 0.475 bits per heavy atom. The van der Waals surface area contributed by atoms with Crippen LogP contribution in [0.15, 0.2) is 0 Å². The second-order valence-corrected chi connectivity index (χ2v) is 34.1. The van der Waals surface area contributed by atoms with Crippen LogP contribution in [0.1, 0.15) is 421 Å². The van der Waals surface area contributed by atoms with Gasteiger partial charge >= 0.3 is 39.5 Å². The Hall–Kier alpha value is -1.94. The number of carbonyl (C=O) groups excluding carboxylic acids is 4. The molecule has 6 atom stereocenters. The van der Waals surface area contributed by atoms with Gasteiger partial charge in [-0.25, -0.2) is 9.13 Å². The third kappa shape index (κ3) is 74.7. The Balaban J connectivity index is 5.24. The first-order valence-corrected chi connectivity index (χ1v) is 45.2. The predicted molar refractivity (Wildman–Crippen MR) is 414 cm³/mol. The van der Waals surface area contributed by atoms with Crippen LogP contribution in [0.2, 0.25) is 0 Å². The number of carbonyl (C=O) groups is 4. The zero-order valence-corrected chi connectivity index (χ0v) is 68.3. The largest absolute Gasteiger partial charge is 0.472 e. The number of ether oxygens (including phenoxy) is 4. The van der Waals surface area contributed by atoms with Crippen molar-refractivity contribution in [3.8, 4) is 0 Å². The summed E-state index contributed by atoms with van der Waals surface area (Å²) < 4.78 is 68.8.